The van der Waals surface area contributed by atoms with E-state index in [9.17, 15) is 0 Å². The van der Waals surface area contributed by atoms with Crippen LogP contribution in [0.5, 0.6) is 0 Å². The van der Waals surface area contributed by atoms with Gasteiger partial charge in [0.1, 0.15) is 5.76 Å². The third-order valence-electron chi connectivity index (χ3n) is 3.22. The smallest absolute Gasteiger partial charge is 0.261 e. The molecule has 0 saturated carbocycles. The van der Waals surface area contributed by atoms with Crippen molar-refractivity contribution in [2.24, 2.45) is 5.73 Å². The lowest BCUT2D eigenvalue weighted by molar-refractivity contribution is 0.431. The average Bonchev–Trinajstić information content (AvgIpc) is 2.71. The van der Waals surface area contributed by atoms with Crippen molar-refractivity contribution in [2.45, 2.75) is 49.8 Å². The summed E-state index contributed by atoms with van der Waals surface area (Å²) in [4.78, 5) is 5.29. The Kier molecular flexibility index (Phi) is 5.13. The zero-order chi connectivity index (χ0) is 14.7. The Hall–Kier alpha value is -0.970. The molecule has 0 radical (unpaired) electrons. The third kappa shape index (κ3) is 3.78. The molecule has 2 aromatic rings. The van der Waals surface area contributed by atoms with Crippen LogP contribution in [0.25, 0.3) is 0 Å². The van der Waals surface area contributed by atoms with Gasteiger partial charge in [0.25, 0.3) is 5.22 Å². The van der Waals surface area contributed by atoms with Gasteiger partial charge in [0.15, 0.2) is 0 Å². The second-order valence-corrected chi connectivity index (χ2v) is 6.26. The van der Waals surface area contributed by atoms with Crippen molar-refractivity contribution in [3.63, 3.8) is 0 Å². The molecule has 0 aliphatic rings. The van der Waals surface area contributed by atoms with Gasteiger partial charge in [-0.2, -0.15) is 0 Å². The van der Waals surface area contributed by atoms with Crippen LogP contribution >= 0.6 is 23.4 Å². The number of hydrogen-bond acceptors (Lipinski definition) is 4. The maximum Gasteiger partial charge on any atom is 0.261 e. The van der Waals surface area contributed by atoms with Crippen LogP contribution in [-0.4, -0.2) is 11.0 Å². The minimum atomic E-state index is 0.182. The predicted molar refractivity (Wildman–Crippen MR) is 83.5 cm³/mol. The van der Waals surface area contributed by atoms with Crippen LogP contribution in [0.1, 0.15) is 30.4 Å². The minimum Gasteiger partial charge on any atom is -0.436 e. The molecule has 1 aromatic heterocycles. The number of oxazole rings is 1. The predicted octanol–water partition coefficient (Wildman–Crippen LogP) is 4.38. The summed E-state index contributed by atoms with van der Waals surface area (Å²) in [5.74, 6) is 0.842. The molecule has 2 N–H and O–H groups in total. The largest absolute Gasteiger partial charge is 0.436 e. The molecule has 1 heterocycles. The van der Waals surface area contributed by atoms with Crippen LogP contribution in [0.4, 0.5) is 0 Å². The molecule has 5 heteroatoms. The molecular formula is C15H19ClN2OS. The van der Waals surface area contributed by atoms with E-state index in [0.29, 0.717) is 10.2 Å². The molecule has 1 atom stereocenters. The van der Waals surface area contributed by atoms with E-state index in [-0.39, 0.29) is 6.04 Å². The Bertz CT molecular complexity index is 578. The summed E-state index contributed by atoms with van der Waals surface area (Å²) < 4.78 is 5.56. The van der Waals surface area contributed by atoms with Gasteiger partial charge < -0.3 is 10.2 Å². The fraction of sp³-hybridized carbons (Fsp3) is 0.400. The molecule has 3 nitrogen and oxygen atoms in total. The van der Waals surface area contributed by atoms with Gasteiger partial charge in [-0.1, -0.05) is 24.6 Å². The van der Waals surface area contributed by atoms with Crippen LogP contribution < -0.4 is 5.73 Å². The second kappa shape index (κ2) is 6.66. The van der Waals surface area contributed by atoms with Gasteiger partial charge >= 0.3 is 0 Å². The number of benzene rings is 1. The number of nitrogens with two attached hydrogens (primary N) is 1. The number of aromatic nitrogens is 1. The van der Waals surface area contributed by atoms with Crippen molar-refractivity contribution in [3.8, 4) is 0 Å². The van der Waals surface area contributed by atoms with Gasteiger partial charge in [-0.05, 0) is 56.1 Å². The molecule has 1 aromatic carbocycles. The van der Waals surface area contributed by atoms with Gasteiger partial charge in [0, 0.05) is 10.9 Å². The zero-order valence-electron chi connectivity index (χ0n) is 11.9. The van der Waals surface area contributed by atoms with Gasteiger partial charge in [-0.25, -0.2) is 4.98 Å². The third-order valence-corrected chi connectivity index (χ3v) is 4.57. The van der Waals surface area contributed by atoms with Crippen LogP contribution in [0, 0.1) is 13.8 Å². The van der Waals surface area contributed by atoms with Crippen LogP contribution in [0.15, 0.2) is 32.7 Å². The monoisotopic (exact) mass is 310 g/mol. The highest BCUT2D eigenvalue weighted by Gasteiger charge is 2.11. The summed E-state index contributed by atoms with van der Waals surface area (Å²) in [5.41, 5.74) is 8.03. The van der Waals surface area contributed by atoms with Gasteiger partial charge in [0.05, 0.1) is 10.7 Å². The zero-order valence-corrected chi connectivity index (χ0v) is 13.5. The van der Waals surface area contributed by atoms with E-state index < -0.39 is 0 Å². The van der Waals surface area contributed by atoms with E-state index in [0.717, 1.165) is 34.8 Å². The molecule has 0 aliphatic heterocycles. The molecule has 0 saturated heterocycles. The highest BCUT2D eigenvalue weighted by atomic mass is 35.5. The minimum absolute atomic E-state index is 0.182. The Morgan fingerprint density at radius 1 is 1.40 bits per heavy atom. The first-order valence-electron chi connectivity index (χ1n) is 6.65. The van der Waals surface area contributed by atoms with Crippen molar-refractivity contribution in [1.29, 1.82) is 0 Å². The maximum absolute atomic E-state index is 6.32. The SMILES string of the molecule is CCC(N)Cc1ccc(Sc2nc(C)c(C)o2)c(Cl)c1. The van der Waals surface area contributed by atoms with Crippen LogP contribution in [-0.2, 0) is 6.42 Å². The molecule has 0 bridgehead atoms. The van der Waals surface area contributed by atoms with Gasteiger partial charge in [0.2, 0.25) is 0 Å². The summed E-state index contributed by atoms with van der Waals surface area (Å²) in [6, 6.07) is 6.22. The molecule has 1 unspecified atom stereocenters. The quantitative estimate of drug-likeness (QED) is 0.890. The topological polar surface area (TPSA) is 52.0 Å². The molecule has 0 amide bonds. The number of halogens is 1. The molecule has 0 spiro atoms. The van der Waals surface area contributed by atoms with Gasteiger partial charge in [-0.3, -0.25) is 0 Å². The first kappa shape index (κ1) is 15.4. The van der Waals surface area contributed by atoms with E-state index in [1.54, 1.807) is 0 Å². The highest BCUT2D eigenvalue weighted by Crippen LogP contribution is 2.34. The molecule has 108 valence electrons. The van der Waals surface area contributed by atoms with E-state index in [1.807, 2.05) is 26.0 Å². The van der Waals surface area contributed by atoms with Crippen molar-refractivity contribution >= 4 is 23.4 Å². The molecule has 0 fully saturated rings. The molecule has 2 rings (SSSR count). The van der Waals surface area contributed by atoms with E-state index in [2.05, 4.69) is 18.0 Å². The molecule has 0 aliphatic carbocycles. The summed E-state index contributed by atoms with van der Waals surface area (Å²) >= 11 is 7.76. The van der Waals surface area contributed by atoms with Crippen molar-refractivity contribution in [1.82, 2.24) is 4.98 Å². The lowest BCUT2D eigenvalue weighted by atomic mass is 10.1. The first-order chi connectivity index (χ1) is 9.49. The maximum atomic E-state index is 6.32. The Morgan fingerprint density at radius 2 is 2.15 bits per heavy atom. The Morgan fingerprint density at radius 3 is 2.70 bits per heavy atom. The number of hydrogen-bond donors (Lipinski definition) is 1. The second-order valence-electron chi connectivity index (χ2n) is 4.86. The van der Waals surface area contributed by atoms with Crippen molar-refractivity contribution in [3.05, 3.63) is 40.2 Å². The molecular weight excluding hydrogens is 292 g/mol. The first-order valence-corrected chi connectivity index (χ1v) is 7.85. The fourth-order valence-corrected chi connectivity index (χ4v) is 2.93. The van der Waals surface area contributed by atoms with E-state index >= 15 is 0 Å². The van der Waals surface area contributed by atoms with Crippen molar-refractivity contribution < 1.29 is 4.42 Å². The standard InChI is InChI=1S/C15H19ClN2OS/c1-4-12(17)7-11-5-6-14(13(16)8-11)20-15-18-9(2)10(3)19-15/h5-6,8,12H,4,7,17H2,1-3H3. The van der Waals surface area contributed by atoms with Crippen molar-refractivity contribution in [2.75, 3.05) is 0 Å². The lowest BCUT2D eigenvalue weighted by Gasteiger charge is -2.10. The van der Waals surface area contributed by atoms with Crippen LogP contribution in [0.3, 0.4) is 0 Å². The summed E-state index contributed by atoms with van der Waals surface area (Å²) in [7, 11) is 0. The summed E-state index contributed by atoms with van der Waals surface area (Å²) in [6.07, 6.45) is 1.81. The summed E-state index contributed by atoms with van der Waals surface area (Å²) in [6.45, 7) is 5.92. The van der Waals surface area contributed by atoms with Gasteiger partial charge in [-0.15, -0.1) is 0 Å². The highest BCUT2D eigenvalue weighted by molar-refractivity contribution is 7.99. The molecule has 20 heavy (non-hydrogen) atoms. The lowest BCUT2D eigenvalue weighted by Crippen LogP contribution is -2.21. The van der Waals surface area contributed by atoms with E-state index in [1.165, 1.54) is 11.8 Å². The normalized spacial score (nSPS) is 12.7. The number of rotatable bonds is 5. The Balaban J connectivity index is 2.13. The van der Waals surface area contributed by atoms with Crippen LogP contribution in [0.2, 0.25) is 5.02 Å². The summed E-state index contributed by atoms with van der Waals surface area (Å²) in [5, 5.41) is 1.34. The Labute approximate surface area is 128 Å². The number of aryl methyl sites for hydroxylation is 2. The average molecular weight is 311 g/mol. The number of nitrogens with zero attached hydrogens (tertiary/aromatic N) is 1. The fourth-order valence-electron chi connectivity index (χ4n) is 1.78. The van der Waals surface area contributed by atoms with E-state index in [4.69, 9.17) is 21.8 Å².